The van der Waals surface area contributed by atoms with Gasteiger partial charge in [-0.05, 0) is 39.3 Å². The molecule has 3 unspecified atom stereocenters. The summed E-state index contributed by atoms with van der Waals surface area (Å²) >= 11 is 0. The van der Waals surface area contributed by atoms with Gasteiger partial charge in [-0.3, -0.25) is 9.59 Å². The Morgan fingerprint density at radius 3 is 2.70 bits per heavy atom. The zero-order chi connectivity index (χ0) is 14.7. The van der Waals surface area contributed by atoms with Crippen molar-refractivity contribution >= 4 is 11.8 Å². The summed E-state index contributed by atoms with van der Waals surface area (Å²) in [6.45, 7) is 9.06. The molecular weight excluding hydrogens is 254 g/mol. The normalized spacial score (nSPS) is 32.4. The first-order valence-corrected chi connectivity index (χ1v) is 7.93. The van der Waals surface area contributed by atoms with Gasteiger partial charge in [-0.2, -0.15) is 0 Å². The Hall–Kier alpha value is -1.10. The molecule has 2 fully saturated rings. The Balaban J connectivity index is 2.13. The van der Waals surface area contributed by atoms with E-state index >= 15 is 0 Å². The Morgan fingerprint density at radius 1 is 1.30 bits per heavy atom. The molecule has 2 saturated heterocycles. The number of nitrogens with one attached hydrogen (secondary N) is 1. The first kappa shape index (κ1) is 15.3. The number of likely N-dealkylation sites (N-methyl/N-ethyl adjacent to an activating group) is 1. The van der Waals surface area contributed by atoms with E-state index in [4.69, 9.17) is 0 Å². The molecular formula is C15H27N3O2. The smallest absolute Gasteiger partial charge is 0.246 e. The van der Waals surface area contributed by atoms with Crippen molar-refractivity contribution in [2.24, 2.45) is 0 Å². The minimum absolute atomic E-state index is 0.00308. The van der Waals surface area contributed by atoms with Crippen LogP contribution >= 0.6 is 0 Å². The van der Waals surface area contributed by atoms with E-state index in [1.54, 1.807) is 0 Å². The molecule has 0 saturated carbocycles. The molecule has 5 heteroatoms. The molecule has 1 N–H and O–H groups in total. The van der Waals surface area contributed by atoms with Crippen LogP contribution in [0.15, 0.2) is 0 Å². The van der Waals surface area contributed by atoms with Crippen LogP contribution in [0.2, 0.25) is 0 Å². The lowest BCUT2D eigenvalue weighted by atomic mass is 9.97. The highest BCUT2D eigenvalue weighted by Gasteiger charge is 2.41. The fourth-order valence-electron chi connectivity index (χ4n) is 3.38. The van der Waals surface area contributed by atoms with Crippen molar-refractivity contribution in [1.82, 2.24) is 15.1 Å². The number of carbonyl (C=O) groups is 2. The van der Waals surface area contributed by atoms with Crippen LogP contribution in [-0.4, -0.2) is 59.4 Å². The summed E-state index contributed by atoms with van der Waals surface area (Å²) in [4.78, 5) is 29.0. The van der Waals surface area contributed by atoms with Crippen molar-refractivity contribution in [2.45, 2.75) is 64.6 Å². The van der Waals surface area contributed by atoms with E-state index in [0.29, 0.717) is 0 Å². The molecule has 0 aliphatic carbocycles. The lowest BCUT2D eigenvalue weighted by molar-refractivity contribution is -0.152. The third-order valence-electron chi connectivity index (χ3n) is 4.56. The minimum atomic E-state index is -0.336. The monoisotopic (exact) mass is 281 g/mol. The Morgan fingerprint density at radius 2 is 2.05 bits per heavy atom. The maximum absolute atomic E-state index is 12.7. The van der Waals surface area contributed by atoms with Gasteiger partial charge in [0.2, 0.25) is 11.8 Å². The summed E-state index contributed by atoms with van der Waals surface area (Å²) < 4.78 is 0. The summed E-state index contributed by atoms with van der Waals surface area (Å²) in [7, 11) is 0. The predicted molar refractivity (Wildman–Crippen MR) is 78.3 cm³/mol. The van der Waals surface area contributed by atoms with Gasteiger partial charge in [-0.25, -0.2) is 0 Å². The Labute approximate surface area is 121 Å². The van der Waals surface area contributed by atoms with E-state index in [1.165, 1.54) is 0 Å². The molecule has 5 nitrogen and oxygen atoms in total. The van der Waals surface area contributed by atoms with E-state index in [-0.39, 0.29) is 29.9 Å². The van der Waals surface area contributed by atoms with Crippen LogP contribution in [0.4, 0.5) is 0 Å². The van der Waals surface area contributed by atoms with Gasteiger partial charge in [-0.15, -0.1) is 0 Å². The van der Waals surface area contributed by atoms with Gasteiger partial charge in [-0.1, -0.05) is 20.3 Å². The number of amides is 2. The minimum Gasteiger partial charge on any atom is -0.343 e. The Bertz CT molecular complexity index is 372. The average Bonchev–Trinajstić information content (AvgIpc) is 2.45. The van der Waals surface area contributed by atoms with Crippen molar-refractivity contribution in [3.63, 3.8) is 0 Å². The van der Waals surface area contributed by atoms with E-state index < -0.39 is 0 Å². The highest BCUT2D eigenvalue weighted by molar-refractivity contribution is 5.96. The molecule has 2 amide bonds. The molecule has 2 aliphatic rings. The summed E-state index contributed by atoms with van der Waals surface area (Å²) in [5.74, 6) is 0.110. The SMILES string of the molecule is CCCC1NC(=O)C(C)N(C2CCCN(CC)C2)C1=O. The average molecular weight is 281 g/mol. The van der Waals surface area contributed by atoms with Crippen LogP contribution in [0, 0.1) is 0 Å². The fraction of sp³-hybridized carbons (Fsp3) is 0.867. The summed E-state index contributed by atoms with van der Waals surface area (Å²) in [6, 6.07) is -0.463. The second-order valence-corrected chi connectivity index (χ2v) is 5.96. The summed E-state index contributed by atoms with van der Waals surface area (Å²) in [5.41, 5.74) is 0. The number of hydrogen-bond acceptors (Lipinski definition) is 3. The van der Waals surface area contributed by atoms with Crippen LogP contribution in [0.25, 0.3) is 0 Å². The second-order valence-electron chi connectivity index (χ2n) is 5.96. The van der Waals surface area contributed by atoms with E-state index in [0.717, 1.165) is 45.3 Å². The van der Waals surface area contributed by atoms with Crippen molar-refractivity contribution in [3.05, 3.63) is 0 Å². The van der Waals surface area contributed by atoms with Crippen molar-refractivity contribution in [2.75, 3.05) is 19.6 Å². The zero-order valence-corrected chi connectivity index (χ0v) is 12.9. The van der Waals surface area contributed by atoms with Crippen LogP contribution < -0.4 is 5.32 Å². The maximum Gasteiger partial charge on any atom is 0.246 e. The zero-order valence-electron chi connectivity index (χ0n) is 12.9. The van der Waals surface area contributed by atoms with Crippen molar-refractivity contribution in [3.8, 4) is 0 Å². The Kier molecular flexibility index (Phi) is 5.02. The second kappa shape index (κ2) is 6.57. The molecule has 0 bridgehead atoms. The maximum atomic E-state index is 12.7. The van der Waals surface area contributed by atoms with Gasteiger partial charge < -0.3 is 15.1 Å². The fourth-order valence-corrected chi connectivity index (χ4v) is 3.38. The van der Waals surface area contributed by atoms with Gasteiger partial charge >= 0.3 is 0 Å². The highest BCUT2D eigenvalue weighted by atomic mass is 16.2. The largest absolute Gasteiger partial charge is 0.343 e. The van der Waals surface area contributed by atoms with Gasteiger partial charge in [0.25, 0.3) is 0 Å². The lowest BCUT2D eigenvalue weighted by Crippen LogP contribution is -2.66. The van der Waals surface area contributed by atoms with E-state index in [9.17, 15) is 9.59 Å². The molecule has 20 heavy (non-hydrogen) atoms. The van der Waals surface area contributed by atoms with Crippen molar-refractivity contribution in [1.29, 1.82) is 0 Å². The van der Waals surface area contributed by atoms with E-state index in [1.807, 2.05) is 18.7 Å². The summed E-state index contributed by atoms with van der Waals surface area (Å²) in [5, 5.41) is 2.87. The highest BCUT2D eigenvalue weighted by Crippen LogP contribution is 2.22. The molecule has 114 valence electrons. The first-order chi connectivity index (χ1) is 9.58. The lowest BCUT2D eigenvalue weighted by Gasteiger charge is -2.45. The molecule has 2 rings (SSSR count). The van der Waals surface area contributed by atoms with Gasteiger partial charge in [0.1, 0.15) is 12.1 Å². The molecule has 0 radical (unpaired) electrons. The number of nitrogens with zero attached hydrogens (tertiary/aromatic N) is 2. The number of likely N-dealkylation sites (tertiary alicyclic amines) is 1. The van der Waals surface area contributed by atoms with Crippen LogP contribution in [-0.2, 0) is 9.59 Å². The standard InChI is InChI=1S/C15H27N3O2/c1-4-7-13-15(20)18(11(3)14(19)16-13)12-8-6-9-17(5-2)10-12/h11-13H,4-10H2,1-3H3,(H,16,19). The predicted octanol–water partition coefficient (Wildman–Crippen LogP) is 0.986. The van der Waals surface area contributed by atoms with Gasteiger partial charge in [0.15, 0.2) is 0 Å². The first-order valence-electron chi connectivity index (χ1n) is 7.93. The molecule has 2 aliphatic heterocycles. The molecule has 0 aromatic carbocycles. The quantitative estimate of drug-likeness (QED) is 0.836. The molecule has 0 aromatic heterocycles. The molecule has 0 aromatic rings. The molecule has 2 heterocycles. The topological polar surface area (TPSA) is 52.7 Å². The van der Waals surface area contributed by atoms with Gasteiger partial charge in [0.05, 0.1) is 0 Å². The van der Waals surface area contributed by atoms with Crippen molar-refractivity contribution < 1.29 is 9.59 Å². The van der Waals surface area contributed by atoms with Crippen LogP contribution in [0.5, 0.6) is 0 Å². The molecule has 3 atom stereocenters. The number of piperazine rings is 1. The number of rotatable bonds is 4. The van der Waals surface area contributed by atoms with E-state index in [2.05, 4.69) is 17.1 Å². The third kappa shape index (κ3) is 2.97. The summed E-state index contributed by atoms with van der Waals surface area (Å²) in [6.07, 6.45) is 3.76. The number of piperidine rings is 1. The van der Waals surface area contributed by atoms with Gasteiger partial charge in [0, 0.05) is 12.6 Å². The third-order valence-corrected chi connectivity index (χ3v) is 4.56. The molecule has 0 spiro atoms. The number of carbonyl (C=O) groups excluding carboxylic acids is 2. The van der Waals surface area contributed by atoms with Crippen LogP contribution in [0.3, 0.4) is 0 Å². The van der Waals surface area contributed by atoms with Crippen LogP contribution in [0.1, 0.15) is 46.5 Å². The number of hydrogen-bond donors (Lipinski definition) is 1.